The zero-order valence-corrected chi connectivity index (χ0v) is 16.9. The molecule has 0 unspecified atom stereocenters. The Morgan fingerprint density at radius 2 is 1.27 bits per heavy atom. The highest BCUT2D eigenvalue weighted by atomic mass is 15.0. The van der Waals surface area contributed by atoms with Crippen molar-refractivity contribution in [3.63, 3.8) is 0 Å². The molecule has 1 N–H and O–H groups in total. The van der Waals surface area contributed by atoms with E-state index < -0.39 is 0 Å². The average Bonchev–Trinajstić information content (AvgIpc) is 3.07. The number of aromatic nitrogens is 3. The van der Waals surface area contributed by atoms with E-state index in [-0.39, 0.29) is 0 Å². The van der Waals surface area contributed by atoms with Crippen LogP contribution in [0.3, 0.4) is 0 Å². The molecule has 0 aliphatic heterocycles. The largest absolute Gasteiger partial charge is 0.341 e. The summed E-state index contributed by atoms with van der Waals surface area (Å²) in [5, 5.41) is 0. The molecule has 0 atom stereocenters. The predicted octanol–water partition coefficient (Wildman–Crippen LogP) is 7.37. The van der Waals surface area contributed by atoms with Gasteiger partial charge in [-0.15, -0.1) is 0 Å². The normalized spacial score (nSPS) is 11.4. The summed E-state index contributed by atoms with van der Waals surface area (Å²) in [5.41, 5.74) is 1.91. The van der Waals surface area contributed by atoms with Crippen LogP contribution in [0.2, 0.25) is 0 Å². The molecule has 2 aromatic heterocycles. The summed E-state index contributed by atoms with van der Waals surface area (Å²) in [7, 11) is 0. The summed E-state index contributed by atoms with van der Waals surface area (Å²) in [5.74, 6) is 1.09. The van der Waals surface area contributed by atoms with Gasteiger partial charge in [-0.1, -0.05) is 96.8 Å². The maximum Gasteiger partial charge on any atom is 0.177 e. The Morgan fingerprint density at radius 1 is 0.731 bits per heavy atom. The van der Waals surface area contributed by atoms with E-state index >= 15 is 0 Å². The molecule has 146 valence electrons. The molecule has 0 saturated carbocycles. The van der Waals surface area contributed by atoms with E-state index in [1.807, 2.05) is 12.1 Å². The van der Waals surface area contributed by atoms with Crippen LogP contribution in [0, 0.1) is 0 Å². The van der Waals surface area contributed by atoms with E-state index in [4.69, 9.17) is 0 Å². The van der Waals surface area contributed by atoms with Crippen LogP contribution in [0.15, 0.2) is 18.3 Å². The Bertz CT molecular complexity index is 543. The van der Waals surface area contributed by atoms with Crippen molar-refractivity contribution in [1.29, 1.82) is 0 Å². The Labute approximate surface area is 160 Å². The lowest BCUT2D eigenvalue weighted by Crippen LogP contribution is -1.89. The highest BCUT2D eigenvalue weighted by Gasteiger charge is 2.02. The van der Waals surface area contributed by atoms with E-state index in [1.54, 1.807) is 6.20 Å². The van der Waals surface area contributed by atoms with Gasteiger partial charge in [-0.05, 0) is 18.6 Å². The van der Waals surface area contributed by atoms with E-state index in [9.17, 15) is 0 Å². The molecule has 2 heterocycles. The zero-order chi connectivity index (χ0) is 18.3. The molecule has 0 radical (unpaired) electrons. The number of H-pyrrole nitrogens is 1. The average molecular weight is 358 g/mol. The molecule has 2 aromatic rings. The van der Waals surface area contributed by atoms with Gasteiger partial charge in [-0.3, -0.25) is 0 Å². The maximum absolute atomic E-state index is 4.55. The monoisotopic (exact) mass is 357 g/mol. The van der Waals surface area contributed by atoms with Gasteiger partial charge in [0.1, 0.15) is 5.82 Å². The number of hydrogen-bond acceptors (Lipinski definition) is 2. The van der Waals surface area contributed by atoms with Crippen molar-refractivity contribution >= 4 is 11.2 Å². The first-order valence-corrected chi connectivity index (χ1v) is 11.2. The molecule has 0 aromatic carbocycles. The zero-order valence-electron chi connectivity index (χ0n) is 16.9. The number of imidazole rings is 1. The number of fused-ring (bicyclic) bond motifs is 1. The van der Waals surface area contributed by atoms with Gasteiger partial charge < -0.3 is 4.98 Å². The number of nitrogens with zero attached hydrogens (tertiary/aromatic N) is 2. The molecule has 0 amide bonds. The standard InChI is InChI=1S/C23H39N3/c1-2-3-4-5-6-7-8-9-10-11-12-13-14-15-16-19-22-25-21-18-17-20-24-23(21)26-22/h17-18,20H,2-16,19H2,1H3,(H,24,25,26). The van der Waals surface area contributed by atoms with Crippen molar-refractivity contribution in [3.8, 4) is 0 Å². The molecule has 0 spiro atoms. The molecule has 3 heteroatoms. The number of hydrogen-bond donors (Lipinski definition) is 1. The molecule has 0 saturated heterocycles. The summed E-state index contributed by atoms with van der Waals surface area (Å²) in [6.45, 7) is 2.29. The van der Waals surface area contributed by atoms with E-state index in [0.717, 1.165) is 23.4 Å². The second-order valence-electron chi connectivity index (χ2n) is 7.76. The number of aromatic amines is 1. The van der Waals surface area contributed by atoms with Crippen molar-refractivity contribution in [3.05, 3.63) is 24.2 Å². The van der Waals surface area contributed by atoms with Crippen LogP contribution < -0.4 is 0 Å². The molecular formula is C23H39N3. The van der Waals surface area contributed by atoms with Crippen LogP contribution >= 0.6 is 0 Å². The SMILES string of the molecule is CCCCCCCCCCCCCCCCCc1nc2ncccc2[nH]1. The van der Waals surface area contributed by atoms with Gasteiger partial charge in [-0.25, -0.2) is 9.97 Å². The quantitative estimate of drug-likeness (QED) is 0.319. The first kappa shape index (κ1) is 20.9. The van der Waals surface area contributed by atoms with Crippen LogP contribution in [0.4, 0.5) is 0 Å². The predicted molar refractivity (Wildman–Crippen MR) is 113 cm³/mol. The van der Waals surface area contributed by atoms with Gasteiger partial charge in [0.05, 0.1) is 5.52 Å². The first-order chi connectivity index (χ1) is 12.9. The summed E-state index contributed by atoms with van der Waals surface area (Å²) >= 11 is 0. The first-order valence-electron chi connectivity index (χ1n) is 11.2. The Hall–Kier alpha value is -1.38. The Balaban J connectivity index is 1.34. The summed E-state index contributed by atoms with van der Waals surface area (Å²) < 4.78 is 0. The molecular weight excluding hydrogens is 318 g/mol. The van der Waals surface area contributed by atoms with Crippen LogP contribution in [0.5, 0.6) is 0 Å². The smallest absolute Gasteiger partial charge is 0.177 e. The van der Waals surface area contributed by atoms with Gasteiger partial charge >= 0.3 is 0 Å². The number of aryl methyl sites for hydroxylation is 1. The van der Waals surface area contributed by atoms with Crippen molar-refractivity contribution in [2.24, 2.45) is 0 Å². The van der Waals surface area contributed by atoms with Gasteiger partial charge in [0.15, 0.2) is 5.65 Å². The van der Waals surface area contributed by atoms with Gasteiger partial charge in [0.25, 0.3) is 0 Å². The molecule has 0 aliphatic rings. The summed E-state index contributed by atoms with van der Waals surface area (Å²) in [6, 6.07) is 4.00. The number of nitrogens with one attached hydrogen (secondary N) is 1. The lowest BCUT2D eigenvalue weighted by Gasteiger charge is -2.03. The highest BCUT2D eigenvalue weighted by Crippen LogP contribution is 2.14. The van der Waals surface area contributed by atoms with Crippen molar-refractivity contribution in [2.45, 2.75) is 110 Å². The van der Waals surface area contributed by atoms with Crippen molar-refractivity contribution < 1.29 is 0 Å². The minimum Gasteiger partial charge on any atom is -0.341 e. The second kappa shape index (κ2) is 13.8. The number of pyridine rings is 1. The van der Waals surface area contributed by atoms with E-state index in [2.05, 4.69) is 21.9 Å². The number of unbranched alkanes of at least 4 members (excludes halogenated alkanes) is 14. The lowest BCUT2D eigenvalue weighted by molar-refractivity contribution is 0.531. The van der Waals surface area contributed by atoms with Crippen LogP contribution in [0.1, 0.15) is 109 Å². The van der Waals surface area contributed by atoms with Crippen LogP contribution in [0.25, 0.3) is 11.2 Å². The summed E-state index contributed by atoms with van der Waals surface area (Å²) in [4.78, 5) is 12.2. The minimum absolute atomic E-state index is 0.850. The third kappa shape index (κ3) is 8.82. The highest BCUT2D eigenvalue weighted by molar-refractivity contribution is 5.69. The fourth-order valence-corrected chi connectivity index (χ4v) is 3.68. The van der Waals surface area contributed by atoms with Gasteiger partial charge in [0.2, 0.25) is 0 Å². The minimum atomic E-state index is 0.850. The van der Waals surface area contributed by atoms with Crippen molar-refractivity contribution in [2.75, 3.05) is 0 Å². The molecule has 26 heavy (non-hydrogen) atoms. The van der Waals surface area contributed by atoms with E-state index in [0.29, 0.717) is 0 Å². The topological polar surface area (TPSA) is 41.6 Å². The van der Waals surface area contributed by atoms with Crippen LogP contribution in [-0.2, 0) is 6.42 Å². The molecule has 3 nitrogen and oxygen atoms in total. The van der Waals surface area contributed by atoms with Crippen LogP contribution in [-0.4, -0.2) is 15.0 Å². The molecule has 0 fully saturated rings. The lowest BCUT2D eigenvalue weighted by atomic mass is 10.0. The second-order valence-corrected chi connectivity index (χ2v) is 7.76. The third-order valence-corrected chi connectivity index (χ3v) is 5.32. The Kier molecular flexibility index (Phi) is 11.1. The third-order valence-electron chi connectivity index (χ3n) is 5.32. The molecule has 0 bridgehead atoms. The molecule has 0 aliphatic carbocycles. The van der Waals surface area contributed by atoms with E-state index in [1.165, 1.54) is 96.3 Å². The summed E-state index contributed by atoms with van der Waals surface area (Å²) in [6.07, 6.45) is 24.0. The number of rotatable bonds is 16. The van der Waals surface area contributed by atoms with Gasteiger partial charge in [0, 0.05) is 12.6 Å². The van der Waals surface area contributed by atoms with Crippen molar-refractivity contribution in [1.82, 2.24) is 15.0 Å². The fourth-order valence-electron chi connectivity index (χ4n) is 3.68. The maximum atomic E-state index is 4.55. The Morgan fingerprint density at radius 3 is 1.81 bits per heavy atom. The molecule has 2 rings (SSSR count). The van der Waals surface area contributed by atoms with Gasteiger partial charge in [-0.2, -0.15) is 0 Å². The fraction of sp³-hybridized carbons (Fsp3) is 0.739.